The van der Waals surface area contributed by atoms with Crippen LogP contribution in [0.3, 0.4) is 0 Å². The Morgan fingerprint density at radius 2 is 1.81 bits per heavy atom. The number of ether oxygens (including phenoxy) is 1. The third-order valence-corrected chi connectivity index (χ3v) is 5.49. The number of rotatable bonds is 5. The highest BCUT2D eigenvalue weighted by atomic mass is 32.2. The molecule has 0 aromatic heterocycles. The summed E-state index contributed by atoms with van der Waals surface area (Å²) in [5, 5.41) is 0. The highest BCUT2D eigenvalue weighted by Crippen LogP contribution is 2.23. The van der Waals surface area contributed by atoms with E-state index in [0.29, 0.717) is 13.1 Å². The normalized spacial score (nSPS) is 16.0. The number of hydrogen-bond donors (Lipinski definition) is 0. The zero-order valence-corrected chi connectivity index (χ0v) is 16.4. The summed E-state index contributed by atoms with van der Waals surface area (Å²) in [6.45, 7) is 4.58. The van der Waals surface area contributed by atoms with E-state index < -0.39 is 33.9 Å². The summed E-state index contributed by atoms with van der Waals surface area (Å²) in [7, 11) is -3.81. The number of piperazine rings is 1. The van der Waals surface area contributed by atoms with Gasteiger partial charge in [-0.2, -0.15) is 0 Å². The maximum absolute atomic E-state index is 13.6. The van der Waals surface area contributed by atoms with Gasteiger partial charge in [-0.05, 0) is 32.0 Å². The predicted molar refractivity (Wildman–Crippen MR) is 98.4 cm³/mol. The van der Waals surface area contributed by atoms with Crippen molar-refractivity contribution in [1.29, 1.82) is 0 Å². The fourth-order valence-corrected chi connectivity index (χ4v) is 4.17. The second-order valence-corrected chi connectivity index (χ2v) is 8.09. The van der Waals surface area contributed by atoms with Crippen LogP contribution in [0.2, 0.25) is 0 Å². The van der Waals surface area contributed by atoms with Crippen LogP contribution in [-0.4, -0.2) is 75.3 Å². The number of halogens is 1. The first kappa shape index (κ1) is 20.9. The van der Waals surface area contributed by atoms with Crippen LogP contribution in [0.5, 0.6) is 0 Å². The second-order valence-electron chi connectivity index (χ2n) is 6.23. The fraction of sp³-hybridized carbons (Fsp3) is 0.529. The van der Waals surface area contributed by atoms with Crippen molar-refractivity contribution in [2.75, 3.05) is 43.3 Å². The van der Waals surface area contributed by atoms with Gasteiger partial charge >= 0.3 is 6.09 Å². The zero-order valence-electron chi connectivity index (χ0n) is 15.6. The molecule has 1 aliphatic heterocycles. The van der Waals surface area contributed by atoms with E-state index in [0.717, 1.165) is 16.6 Å². The lowest BCUT2D eigenvalue weighted by atomic mass is 10.2. The lowest BCUT2D eigenvalue weighted by Crippen LogP contribution is -2.56. The summed E-state index contributed by atoms with van der Waals surface area (Å²) in [5.41, 5.74) is 0.0866. The molecule has 0 aliphatic carbocycles. The van der Waals surface area contributed by atoms with Gasteiger partial charge in [-0.1, -0.05) is 6.07 Å². The average Bonchev–Trinajstić information content (AvgIpc) is 2.60. The van der Waals surface area contributed by atoms with Gasteiger partial charge in [0.25, 0.3) is 0 Å². The van der Waals surface area contributed by atoms with Crippen molar-refractivity contribution < 1.29 is 27.1 Å². The van der Waals surface area contributed by atoms with Crippen LogP contribution in [0.4, 0.5) is 14.9 Å². The third kappa shape index (κ3) is 5.09. The molecule has 1 atom stereocenters. The fourth-order valence-electron chi connectivity index (χ4n) is 3.00. The SMILES string of the molecule is CCOC(=O)N1CCN(C(=O)[C@H](C)N(c2cccc(F)c2)S(C)(=O)=O)CC1. The molecule has 1 heterocycles. The van der Waals surface area contributed by atoms with Gasteiger partial charge in [-0.3, -0.25) is 9.10 Å². The molecule has 0 spiro atoms. The Bertz CT molecular complexity index is 794. The van der Waals surface area contributed by atoms with Crippen LogP contribution < -0.4 is 4.31 Å². The molecule has 1 aromatic rings. The molecule has 0 N–H and O–H groups in total. The Morgan fingerprint density at radius 1 is 1.22 bits per heavy atom. The lowest BCUT2D eigenvalue weighted by molar-refractivity contribution is -0.133. The van der Waals surface area contributed by atoms with Crippen LogP contribution in [-0.2, 0) is 19.6 Å². The first-order chi connectivity index (χ1) is 12.6. The van der Waals surface area contributed by atoms with Gasteiger partial charge < -0.3 is 14.5 Å². The van der Waals surface area contributed by atoms with E-state index in [9.17, 15) is 22.4 Å². The number of carbonyl (C=O) groups excluding carboxylic acids is 2. The molecule has 10 heteroatoms. The molecule has 2 amide bonds. The minimum atomic E-state index is -3.81. The zero-order chi connectivity index (χ0) is 20.2. The van der Waals surface area contributed by atoms with Crippen LogP contribution >= 0.6 is 0 Å². The van der Waals surface area contributed by atoms with Gasteiger partial charge in [-0.15, -0.1) is 0 Å². The predicted octanol–water partition coefficient (Wildman–Crippen LogP) is 1.28. The molecule has 0 saturated carbocycles. The number of hydrogen-bond acceptors (Lipinski definition) is 5. The Hall–Kier alpha value is -2.36. The Labute approximate surface area is 158 Å². The molecule has 1 aliphatic rings. The molecule has 150 valence electrons. The van der Waals surface area contributed by atoms with Gasteiger partial charge in [0, 0.05) is 26.2 Å². The Balaban J connectivity index is 2.13. The number of benzene rings is 1. The average molecular weight is 401 g/mol. The van der Waals surface area contributed by atoms with E-state index in [1.165, 1.54) is 34.9 Å². The molecule has 2 rings (SSSR count). The molecule has 0 radical (unpaired) electrons. The summed E-state index contributed by atoms with van der Waals surface area (Å²) in [5.74, 6) is -1.00. The minimum absolute atomic E-state index is 0.0866. The van der Waals surface area contributed by atoms with Crippen molar-refractivity contribution >= 4 is 27.7 Å². The van der Waals surface area contributed by atoms with Crippen molar-refractivity contribution in [3.8, 4) is 0 Å². The summed E-state index contributed by atoms with van der Waals surface area (Å²) in [6, 6.07) is 4.05. The highest BCUT2D eigenvalue weighted by Gasteiger charge is 2.34. The highest BCUT2D eigenvalue weighted by molar-refractivity contribution is 7.92. The van der Waals surface area contributed by atoms with E-state index in [2.05, 4.69) is 0 Å². The van der Waals surface area contributed by atoms with E-state index in [-0.39, 0.29) is 25.4 Å². The molecule has 8 nitrogen and oxygen atoms in total. The van der Waals surface area contributed by atoms with E-state index >= 15 is 0 Å². The molecule has 0 unspecified atom stereocenters. The number of nitrogens with zero attached hydrogens (tertiary/aromatic N) is 3. The van der Waals surface area contributed by atoms with Gasteiger partial charge in [0.15, 0.2) is 0 Å². The summed E-state index contributed by atoms with van der Waals surface area (Å²) in [6.07, 6.45) is 0.538. The smallest absolute Gasteiger partial charge is 0.409 e. The molecule has 1 saturated heterocycles. The molecule has 27 heavy (non-hydrogen) atoms. The number of sulfonamides is 1. The van der Waals surface area contributed by atoms with Crippen molar-refractivity contribution in [1.82, 2.24) is 9.80 Å². The van der Waals surface area contributed by atoms with Crippen molar-refractivity contribution in [2.24, 2.45) is 0 Å². The van der Waals surface area contributed by atoms with Crippen molar-refractivity contribution in [2.45, 2.75) is 19.9 Å². The van der Waals surface area contributed by atoms with Crippen molar-refractivity contribution in [3.63, 3.8) is 0 Å². The molecule has 1 fully saturated rings. The van der Waals surface area contributed by atoms with Crippen molar-refractivity contribution in [3.05, 3.63) is 30.1 Å². The van der Waals surface area contributed by atoms with Crippen LogP contribution in [0, 0.1) is 5.82 Å². The number of carbonyl (C=O) groups is 2. The third-order valence-electron chi connectivity index (χ3n) is 4.25. The van der Waals surface area contributed by atoms with Crippen LogP contribution in [0.25, 0.3) is 0 Å². The van der Waals surface area contributed by atoms with E-state index in [1.807, 2.05) is 0 Å². The summed E-state index contributed by atoms with van der Waals surface area (Å²) in [4.78, 5) is 27.6. The maximum Gasteiger partial charge on any atom is 0.409 e. The molecule has 1 aromatic carbocycles. The topological polar surface area (TPSA) is 87.2 Å². The molecular weight excluding hydrogens is 377 g/mol. The largest absolute Gasteiger partial charge is 0.450 e. The maximum atomic E-state index is 13.6. The first-order valence-corrected chi connectivity index (χ1v) is 10.5. The summed E-state index contributed by atoms with van der Waals surface area (Å²) >= 11 is 0. The van der Waals surface area contributed by atoms with Gasteiger partial charge in [0.1, 0.15) is 11.9 Å². The van der Waals surface area contributed by atoms with E-state index in [1.54, 1.807) is 6.92 Å². The van der Waals surface area contributed by atoms with Crippen LogP contribution in [0.15, 0.2) is 24.3 Å². The lowest BCUT2D eigenvalue weighted by Gasteiger charge is -2.37. The van der Waals surface area contributed by atoms with Gasteiger partial charge in [0.2, 0.25) is 15.9 Å². The standard InChI is InChI=1S/C17H24FN3O5S/c1-4-26-17(23)20-10-8-19(9-11-20)16(22)13(2)21(27(3,24)25)15-7-5-6-14(18)12-15/h5-7,12-13H,4,8-11H2,1-3H3/t13-/m0/s1. The minimum Gasteiger partial charge on any atom is -0.450 e. The number of amides is 2. The second kappa shape index (κ2) is 8.55. The number of anilines is 1. The summed E-state index contributed by atoms with van der Waals surface area (Å²) < 4.78 is 43.9. The van der Waals surface area contributed by atoms with Gasteiger partial charge in [-0.25, -0.2) is 17.6 Å². The molecular formula is C17H24FN3O5S. The van der Waals surface area contributed by atoms with Gasteiger partial charge in [0.05, 0.1) is 18.6 Å². The monoisotopic (exact) mass is 401 g/mol. The molecule has 0 bridgehead atoms. The Kier molecular flexibility index (Phi) is 6.63. The van der Waals surface area contributed by atoms with E-state index in [4.69, 9.17) is 4.74 Å². The van der Waals surface area contributed by atoms with Crippen LogP contribution in [0.1, 0.15) is 13.8 Å². The quantitative estimate of drug-likeness (QED) is 0.742. The Morgan fingerprint density at radius 3 is 2.33 bits per heavy atom. The first-order valence-electron chi connectivity index (χ1n) is 8.60.